The zero-order valence-corrected chi connectivity index (χ0v) is 17.6. The van der Waals surface area contributed by atoms with Gasteiger partial charge in [-0.15, -0.1) is 11.8 Å². The third kappa shape index (κ3) is 4.20. The molecule has 0 unspecified atom stereocenters. The summed E-state index contributed by atoms with van der Waals surface area (Å²) in [5, 5.41) is 3.04. The van der Waals surface area contributed by atoms with Crippen LogP contribution >= 0.6 is 23.4 Å². The van der Waals surface area contributed by atoms with Crippen LogP contribution in [-0.4, -0.2) is 17.6 Å². The van der Waals surface area contributed by atoms with Crippen molar-refractivity contribution in [3.63, 3.8) is 0 Å². The number of amides is 2. The first-order chi connectivity index (χ1) is 14.4. The molecule has 3 aromatic carbocycles. The zero-order chi connectivity index (χ0) is 21.3. The van der Waals surface area contributed by atoms with Crippen molar-refractivity contribution in [2.45, 2.75) is 12.3 Å². The highest BCUT2D eigenvalue weighted by atomic mass is 35.5. The predicted octanol–water partition coefficient (Wildman–Crippen LogP) is 5.82. The first-order valence-electron chi connectivity index (χ1n) is 9.29. The molecule has 4 nitrogen and oxygen atoms in total. The standard InChI is InChI=1S/C23H18ClFN2O2S/c1-14-5-10-19(25)20(11-14)27-21(28)13-30-23(27)16-3-2-4-18(12-16)26-22(29)15-6-8-17(24)9-7-15/h2-12,23H,13H2,1H3,(H,26,29)/t23-/m0/s1. The topological polar surface area (TPSA) is 49.4 Å². The van der Waals surface area contributed by atoms with Gasteiger partial charge in [-0.25, -0.2) is 4.39 Å². The Labute approximate surface area is 183 Å². The van der Waals surface area contributed by atoms with E-state index in [9.17, 15) is 14.0 Å². The lowest BCUT2D eigenvalue weighted by atomic mass is 10.1. The summed E-state index contributed by atoms with van der Waals surface area (Å²) in [7, 11) is 0. The van der Waals surface area contributed by atoms with E-state index in [-0.39, 0.29) is 28.6 Å². The molecule has 1 aliphatic heterocycles. The highest BCUT2D eigenvalue weighted by Crippen LogP contribution is 2.43. The molecule has 1 fully saturated rings. The largest absolute Gasteiger partial charge is 0.322 e. The van der Waals surface area contributed by atoms with Crippen LogP contribution in [0.15, 0.2) is 66.7 Å². The van der Waals surface area contributed by atoms with Crippen LogP contribution in [0, 0.1) is 12.7 Å². The number of benzene rings is 3. The molecule has 1 saturated heterocycles. The van der Waals surface area contributed by atoms with E-state index < -0.39 is 5.82 Å². The molecule has 1 aliphatic rings. The summed E-state index contributed by atoms with van der Waals surface area (Å²) in [6.07, 6.45) is 0. The first-order valence-corrected chi connectivity index (χ1v) is 10.7. The third-order valence-corrected chi connectivity index (χ3v) is 6.23. The van der Waals surface area contributed by atoms with Crippen LogP contribution < -0.4 is 10.2 Å². The molecule has 152 valence electrons. The molecule has 7 heteroatoms. The molecule has 0 bridgehead atoms. The van der Waals surface area contributed by atoms with Crippen LogP contribution in [0.4, 0.5) is 15.8 Å². The summed E-state index contributed by atoms with van der Waals surface area (Å²) in [5.41, 5.74) is 3.03. The lowest BCUT2D eigenvalue weighted by Gasteiger charge is -2.25. The van der Waals surface area contributed by atoms with E-state index in [1.807, 2.05) is 19.1 Å². The van der Waals surface area contributed by atoms with Gasteiger partial charge in [0.1, 0.15) is 11.2 Å². The molecule has 0 radical (unpaired) electrons. The number of thioether (sulfide) groups is 1. The van der Waals surface area contributed by atoms with Crippen molar-refractivity contribution < 1.29 is 14.0 Å². The first kappa shape index (κ1) is 20.4. The van der Waals surface area contributed by atoms with E-state index in [0.29, 0.717) is 16.3 Å². The van der Waals surface area contributed by atoms with Crippen LogP contribution in [0.25, 0.3) is 0 Å². The van der Waals surface area contributed by atoms with E-state index >= 15 is 0 Å². The highest BCUT2D eigenvalue weighted by Gasteiger charge is 2.35. The molecule has 0 saturated carbocycles. The van der Waals surface area contributed by atoms with E-state index in [1.54, 1.807) is 48.5 Å². The molecule has 2 amide bonds. The molecular weight excluding hydrogens is 423 g/mol. The highest BCUT2D eigenvalue weighted by molar-refractivity contribution is 8.00. The number of carbonyl (C=O) groups excluding carboxylic acids is 2. The Morgan fingerprint density at radius 3 is 2.67 bits per heavy atom. The molecule has 1 heterocycles. The molecule has 0 aromatic heterocycles. The van der Waals surface area contributed by atoms with Crippen LogP contribution in [0.1, 0.15) is 26.9 Å². The number of carbonyl (C=O) groups is 2. The minimum absolute atomic E-state index is 0.148. The molecule has 0 aliphatic carbocycles. The Kier molecular flexibility index (Phi) is 5.79. The molecule has 0 spiro atoms. The Morgan fingerprint density at radius 2 is 1.90 bits per heavy atom. The maximum Gasteiger partial charge on any atom is 0.255 e. The summed E-state index contributed by atoms with van der Waals surface area (Å²) in [6.45, 7) is 1.86. The van der Waals surface area contributed by atoms with Gasteiger partial charge in [-0.2, -0.15) is 0 Å². The summed E-state index contributed by atoms with van der Waals surface area (Å²) >= 11 is 7.30. The quantitative estimate of drug-likeness (QED) is 0.556. The lowest BCUT2D eigenvalue weighted by molar-refractivity contribution is -0.115. The molecule has 1 atom stereocenters. The van der Waals surface area contributed by atoms with Crippen molar-refractivity contribution >= 4 is 46.6 Å². The molecule has 30 heavy (non-hydrogen) atoms. The maximum atomic E-state index is 14.5. The van der Waals surface area contributed by atoms with Gasteiger partial charge in [-0.05, 0) is 66.6 Å². The van der Waals surface area contributed by atoms with E-state index in [2.05, 4.69) is 5.32 Å². The van der Waals surface area contributed by atoms with Gasteiger partial charge in [-0.1, -0.05) is 29.8 Å². The second-order valence-corrected chi connectivity index (χ2v) is 8.47. The van der Waals surface area contributed by atoms with Crippen molar-refractivity contribution in [2.24, 2.45) is 0 Å². The van der Waals surface area contributed by atoms with Crippen molar-refractivity contribution in [2.75, 3.05) is 16.0 Å². The number of hydrogen-bond acceptors (Lipinski definition) is 3. The number of nitrogens with zero attached hydrogens (tertiary/aromatic N) is 1. The van der Waals surface area contributed by atoms with Crippen LogP contribution in [-0.2, 0) is 4.79 Å². The summed E-state index contributed by atoms with van der Waals surface area (Å²) < 4.78 is 14.5. The Bertz CT molecular complexity index is 1120. The number of hydrogen-bond donors (Lipinski definition) is 1. The van der Waals surface area contributed by atoms with Crippen LogP contribution in [0.5, 0.6) is 0 Å². The van der Waals surface area contributed by atoms with Gasteiger partial charge in [0.05, 0.1) is 11.4 Å². The summed E-state index contributed by atoms with van der Waals surface area (Å²) in [6, 6.07) is 18.6. The maximum absolute atomic E-state index is 14.5. The second-order valence-electron chi connectivity index (χ2n) is 6.97. The lowest BCUT2D eigenvalue weighted by Crippen LogP contribution is -2.28. The second kappa shape index (κ2) is 8.50. The fourth-order valence-corrected chi connectivity index (χ4v) is 4.60. The van der Waals surface area contributed by atoms with Gasteiger partial charge < -0.3 is 5.32 Å². The number of rotatable bonds is 4. The van der Waals surface area contributed by atoms with Gasteiger partial charge in [0.25, 0.3) is 5.91 Å². The van der Waals surface area contributed by atoms with Crippen molar-refractivity contribution in [3.8, 4) is 0 Å². The minimum Gasteiger partial charge on any atom is -0.322 e. The predicted molar refractivity (Wildman–Crippen MR) is 120 cm³/mol. The Hall–Kier alpha value is -2.83. The number of aryl methyl sites for hydroxylation is 1. The fraction of sp³-hybridized carbons (Fsp3) is 0.130. The van der Waals surface area contributed by atoms with Crippen molar-refractivity contribution in [1.82, 2.24) is 0 Å². The van der Waals surface area contributed by atoms with E-state index in [1.165, 1.54) is 22.7 Å². The number of halogens is 2. The minimum atomic E-state index is -0.436. The number of nitrogens with one attached hydrogen (secondary N) is 1. The molecule has 1 N–H and O–H groups in total. The average molecular weight is 441 g/mol. The van der Waals surface area contributed by atoms with Gasteiger partial charge in [-0.3, -0.25) is 14.5 Å². The molecule has 4 rings (SSSR count). The summed E-state index contributed by atoms with van der Waals surface area (Å²) in [5.74, 6) is -0.585. The third-order valence-electron chi connectivity index (χ3n) is 4.77. The van der Waals surface area contributed by atoms with Gasteiger partial charge >= 0.3 is 0 Å². The molecule has 3 aromatic rings. The monoisotopic (exact) mass is 440 g/mol. The number of anilines is 2. The van der Waals surface area contributed by atoms with Crippen LogP contribution in [0.2, 0.25) is 5.02 Å². The SMILES string of the molecule is Cc1ccc(F)c(N2C(=O)CS[C@H]2c2cccc(NC(=O)c3ccc(Cl)cc3)c2)c1. The van der Waals surface area contributed by atoms with Gasteiger partial charge in [0, 0.05) is 16.3 Å². The summed E-state index contributed by atoms with van der Waals surface area (Å²) in [4.78, 5) is 26.6. The van der Waals surface area contributed by atoms with Gasteiger partial charge in [0.2, 0.25) is 5.91 Å². The fourth-order valence-electron chi connectivity index (χ4n) is 3.31. The van der Waals surface area contributed by atoms with Crippen LogP contribution in [0.3, 0.4) is 0 Å². The molecular formula is C23H18ClFN2O2S. The Morgan fingerprint density at radius 1 is 1.13 bits per heavy atom. The zero-order valence-electron chi connectivity index (χ0n) is 16.1. The Balaban J connectivity index is 1.61. The average Bonchev–Trinajstić information content (AvgIpc) is 3.12. The van der Waals surface area contributed by atoms with Crippen molar-refractivity contribution in [1.29, 1.82) is 0 Å². The van der Waals surface area contributed by atoms with Crippen molar-refractivity contribution in [3.05, 3.63) is 94.3 Å². The smallest absolute Gasteiger partial charge is 0.255 e. The normalized spacial score (nSPS) is 16.0. The van der Waals surface area contributed by atoms with Gasteiger partial charge in [0.15, 0.2) is 0 Å². The van der Waals surface area contributed by atoms with E-state index in [4.69, 9.17) is 11.6 Å². The van der Waals surface area contributed by atoms with E-state index in [0.717, 1.165) is 11.1 Å².